The number of hydrogen-bond donors (Lipinski definition) is 0. The van der Waals surface area contributed by atoms with Gasteiger partial charge in [0, 0.05) is 20.0 Å². The zero-order chi connectivity index (χ0) is 19.6. The van der Waals surface area contributed by atoms with Gasteiger partial charge in [0.2, 0.25) is 0 Å². The van der Waals surface area contributed by atoms with Gasteiger partial charge in [0.15, 0.2) is 5.60 Å². The molecule has 0 spiro atoms. The molecule has 1 heterocycles. The van der Waals surface area contributed by atoms with Crippen LogP contribution in [0.15, 0.2) is 48.5 Å². The molecule has 142 valence electrons. The summed E-state index contributed by atoms with van der Waals surface area (Å²) in [7, 11) is 1.60. The molecule has 2 aromatic rings. The number of alkyl halides is 2. The van der Waals surface area contributed by atoms with Crippen LogP contribution in [0, 0.1) is 0 Å². The predicted molar refractivity (Wildman–Crippen MR) is 93.5 cm³/mol. The molecule has 0 N–H and O–H groups in total. The number of nitrogens with zero attached hydrogens (tertiary/aromatic N) is 1. The smallest absolute Gasteiger partial charge is 0.387 e. The number of hydrogen-bond acceptors (Lipinski definition) is 4. The fourth-order valence-electron chi connectivity index (χ4n) is 3.18. The molecule has 1 aliphatic heterocycles. The van der Waals surface area contributed by atoms with Gasteiger partial charge in [-0.15, -0.1) is 0 Å². The van der Waals surface area contributed by atoms with Gasteiger partial charge in [-0.05, 0) is 36.2 Å². The highest BCUT2D eigenvalue weighted by Crippen LogP contribution is 2.30. The summed E-state index contributed by atoms with van der Waals surface area (Å²) in [6, 6.07) is 13.1. The van der Waals surface area contributed by atoms with Crippen LogP contribution in [0.4, 0.5) is 8.78 Å². The van der Waals surface area contributed by atoms with Crippen molar-refractivity contribution in [2.45, 2.75) is 32.1 Å². The molecule has 1 unspecified atom stereocenters. The summed E-state index contributed by atoms with van der Waals surface area (Å²) in [6.07, 6.45) is 0.291. The summed E-state index contributed by atoms with van der Waals surface area (Å²) in [5.41, 5.74) is 0.684. The van der Waals surface area contributed by atoms with Gasteiger partial charge >= 0.3 is 12.6 Å². The number of carbonyl (C=O) groups is 2. The first-order valence-electron chi connectivity index (χ1n) is 8.39. The minimum atomic E-state index is -2.89. The second-order valence-corrected chi connectivity index (χ2v) is 6.64. The largest absolute Gasteiger partial charge is 0.445 e. The average Bonchev–Trinajstić information content (AvgIpc) is 2.62. The Morgan fingerprint density at radius 3 is 2.56 bits per heavy atom. The molecule has 7 heteroatoms. The molecule has 0 aromatic heterocycles. The third kappa shape index (κ3) is 4.07. The van der Waals surface area contributed by atoms with Gasteiger partial charge in [-0.3, -0.25) is 4.79 Å². The van der Waals surface area contributed by atoms with E-state index in [1.165, 1.54) is 17.0 Å². The molecule has 5 nitrogen and oxygen atoms in total. The maximum absolute atomic E-state index is 12.9. The number of likely N-dealkylation sites (N-methyl/N-ethyl adjacent to an activating group) is 1. The van der Waals surface area contributed by atoms with Crippen molar-refractivity contribution in [1.29, 1.82) is 0 Å². The van der Waals surface area contributed by atoms with Crippen LogP contribution in [0.1, 0.15) is 28.4 Å². The first kappa shape index (κ1) is 18.8. The lowest BCUT2D eigenvalue weighted by atomic mass is 9.89. The number of esters is 1. The molecule has 1 aliphatic rings. The van der Waals surface area contributed by atoms with Crippen LogP contribution in [0.25, 0.3) is 0 Å². The number of fused-ring (bicyclic) bond motifs is 1. The summed E-state index contributed by atoms with van der Waals surface area (Å²) >= 11 is 0. The summed E-state index contributed by atoms with van der Waals surface area (Å²) in [4.78, 5) is 26.6. The van der Waals surface area contributed by atoms with Crippen LogP contribution < -0.4 is 4.74 Å². The van der Waals surface area contributed by atoms with E-state index in [0.29, 0.717) is 12.0 Å². The van der Waals surface area contributed by atoms with E-state index in [1.54, 1.807) is 38.2 Å². The van der Waals surface area contributed by atoms with E-state index >= 15 is 0 Å². The molecule has 1 amide bonds. The Morgan fingerprint density at radius 2 is 1.89 bits per heavy atom. The SMILES string of the molecule is CN(Cc1ccc(OC(F)F)cc1)C(=O)C1(C)Cc2ccccc2C(=O)O1. The van der Waals surface area contributed by atoms with E-state index in [0.717, 1.165) is 11.1 Å². The van der Waals surface area contributed by atoms with Gasteiger partial charge in [0.25, 0.3) is 5.91 Å². The first-order valence-corrected chi connectivity index (χ1v) is 8.39. The van der Waals surface area contributed by atoms with E-state index in [1.807, 2.05) is 12.1 Å². The van der Waals surface area contributed by atoms with Crippen molar-refractivity contribution in [2.75, 3.05) is 7.05 Å². The molecule has 0 bridgehead atoms. The van der Waals surface area contributed by atoms with E-state index in [9.17, 15) is 18.4 Å². The van der Waals surface area contributed by atoms with Crippen molar-refractivity contribution in [3.8, 4) is 5.75 Å². The van der Waals surface area contributed by atoms with Gasteiger partial charge in [-0.1, -0.05) is 30.3 Å². The van der Waals surface area contributed by atoms with Crippen LogP contribution in [-0.4, -0.2) is 36.0 Å². The quantitative estimate of drug-likeness (QED) is 0.752. The van der Waals surface area contributed by atoms with E-state index < -0.39 is 18.2 Å². The van der Waals surface area contributed by atoms with Crippen LogP contribution in [-0.2, 0) is 22.5 Å². The summed E-state index contributed by atoms with van der Waals surface area (Å²) in [5.74, 6) is -0.805. The van der Waals surface area contributed by atoms with Crippen molar-refractivity contribution < 1.29 is 27.8 Å². The Balaban J connectivity index is 1.71. The molecular formula is C20H19F2NO4. The van der Waals surface area contributed by atoms with Crippen LogP contribution in [0.2, 0.25) is 0 Å². The zero-order valence-electron chi connectivity index (χ0n) is 14.9. The van der Waals surface area contributed by atoms with Crippen molar-refractivity contribution in [3.63, 3.8) is 0 Å². The zero-order valence-corrected chi connectivity index (χ0v) is 14.9. The number of halogens is 2. The Hall–Kier alpha value is -2.96. The van der Waals surface area contributed by atoms with Crippen molar-refractivity contribution in [3.05, 3.63) is 65.2 Å². The van der Waals surface area contributed by atoms with E-state index in [4.69, 9.17) is 4.74 Å². The molecule has 0 fully saturated rings. The molecule has 2 aromatic carbocycles. The predicted octanol–water partition coefficient (Wildman–Crippen LogP) is 3.42. The molecule has 0 saturated carbocycles. The highest BCUT2D eigenvalue weighted by molar-refractivity contribution is 5.97. The lowest BCUT2D eigenvalue weighted by Crippen LogP contribution is -2.51. The van der Waals surface area contributed by atoms with Crippen LogP contribution in [0.5, 0.6) is 5.75 Å². The Morgan fingerprint density at radius 1 is 1.22 bits per heavy atom. The molecule has 1 atom stereocenters. The molecule has 27 heavy (non-hydrogen) atoms. The highest BCUT2D eigenvalue weighted by atomic mass is 19.3. The monoisotopic (exact) mass is 375 g/mol. The van der Waals surface area contributed by atoms with Gasteiger partial charge in [-0.2, -0.15) is 8.78 Å². The maximum atomic E-state index is 12.9. The number of ether oxygens (including phenoxy) is 2. The third-order valence-electron chi connectivity index (χ3n) is 4.45. The summed E-state index contributed by atoms with van der Waals surface area (Å²) in [5, 5.41) is 0. The Labute approximate surface area is 155 Å². The standard InChI is InChI=1S/C20H19F2NO4/c1-20(11-14-5-3-4-6-16(14)17(24)27-20)18(25)23(2)12-13-7-9-15(10-8-13)26-19(21)22/h3-10,19H,11-12H2,1-2H3. The molecule has 3 rings (SSSR count). The topological polar surface area (TPSA) is 55.8 Å². The van der Waals surface area contributed by atoms with E-state index in [2.05, 4.69) is 4.74 Å². The Bertz CT molecular complexity index is 853. The van der Waals surface area contributed by atoms with Crippen LogP contribution >= 0.6 is 0 Å². The number of amides is 1. The molecule has 0 aliphatic carbocycles. The highest BCUT2D eigenvalue weighted by Gasteiger charge is 2.44. The van der Waals surface area contributed by atoms with Crippen molar-refractivity contribution in [1.82, 2.24) is 4.90 Å². The molecule has 0 saturated heterocycles. The third-order valence-corrected chi connectivity index (χ3v) is 4.45. The van der Waals surface area contributed by atoms with Crippen LogP contribution in [0.3, 0.4) is 0 Å². The van der Waals surface area contributed by atoms with Gasteiger partial charge in [0.1, 0.15) is 5.75 Å². The van der Waals surface area contributed by atoms with Crippen molar-refractivity contribution >= 4 is 11.9 Å². The number of benzene rings is 2. The van der Waals surface area contributed by atoms with Gasteiger partial charge in [-0.25, -0.2) is 4.79 Å². The fraction of sp³-hybridized carbons (Fsp3) is 0.300. The Kier molecular flexibility index (Phi) is 5.12. The van der Waals surface area contributed by atoms with Gasteiger partial charge < -0.3 is 14.4 Å². The second-order valence-electron chi connectivity index (χ2n) is 6.64. The summed E-state index contributed by atoms with van der Waals surface area (Å²) < 4.78 is 34.2. The lowest BCUT2D eigenvalue weighted by molar-refractivity contribution is -0.150. The fourth-order valence-corrected chi connectivity index (χ4v) is 3.18. The van der Waals surface area contributed by atoms with Crippen molar-refractivity contribution in [2.24, 2.45) is 0 Å². The minimum Gasteiger partial charge on any atom is -0.445 e. The van der Waals surface area contributed by atoms with E-state index in [-0.39, 0.29) is 18.2 Å². The first-order chi connectivity index (χ1) is 12.8. The molecular weight excluding hydrogens is 356 g/mol. The lowest BCUT2D eigenvalue weighted by Gasteiger charge is -2.36. The minimum absolute atomic E-state index is 0.0486. The average molecular weight is 375 g/mol. The normalized spacial score (nSPS) is 18.6. The second kappa shape index (κ2) is 7.34. The number of cyclic esters (lactones) is 1. The van der Waals surface area contributed by atoms with Gasteiger partial charge in [0.05, 0.1) is 5.56 Å². The maximum Gasteiger partial charge on any atom is 0.387 e. The molecule has 0 radical (unpaired) electrons. The number of rotatable bonds is 5. The summed E-state index contributed by atoms with van der Waals surface area (Å²) in [6.45, 7) is -1.05. The number of carbonyl (C=O) groups excluding carboxylic acids is 2.